The molecule has 9 aromatic rings. The van der Waals surface area contributed by atoms with Crippen molar-refractivity contribution in [2.75, 3.05) is 0 Å². The molecule has 56 heavy (non-hydrogen) atoms. The lowest BCUT2D eigenvalue weighted by Crippen LogP contribution is -2.20. The fraction of sp³-hybridized carbons (Fsp3) is 0.143. The van der Waals surface area contributed by atoms with E-state index in [4.69, 9.17) is 0 Å². The SMILES string of the molecule is CC1(C)c2ccccc2-c2ccc(-c3c4ccccc4c(-c4ccc5c(c4)C4(CCCC4)c4ccccc4-5)c4ccc(-c5ccc6ccccc6c5)cc34)cc21. The Balaban J connectivity index is 1.14. The zero-order chi connectivity index (χ0) is 37.2. The minimum absolute atomic E-state index is 0.0814. The average Bonchev–Trinajstić information content (AvgIpc) is 3.91. The van der Waals surface area contributed by atoms with Crippen molar-refractivity contribution in [1.29, 1.82) is 0 Å². The van der Waals surface area contributed by atoms with Crippen molar-refractivity contribution in [3.8, 4) is 55.6 Å². The first kappa shape index (κ1) is 32.0. The maximum atomic E-state index is 2.59. The van der Waals surface area contributed by atoms with Crippen LogP contribution in [-0.4, -0.2) is 0 Å². The monoisotopic (exact) mass is 714 g/mol. The molecular weight excluding hydrogens is 673 g/mol. The Hall–Kier alpha value is -6.24. The predicted octanol–water partition coefficient (Wildman–Crippen LogP) is 15.3. The fourth-order valence-electron chi connectivity index (χ4n) is 11.3. The zero-order valence-corrected chi connectivity index (χ0v) is 32.0. The van der Waals surface area contributed by atoms with Crippen molar-refractivity contribution >= 4 is 32.3 Å². The number of fused-ring (bicyclic) bond motifs is 11. The van der Waals surface area contributed by atoms with Gasteiger partial charge in [0, 0.05) is 10.8 Å². The van der Waals surface area contributed by atoms with Crippen molar-refractivity contribution in [3.63, 3.8) is 0 Å². The van der Waals surface area contributed by atoms with E-state index in [9.17, 15) is 0 Å². The minimum atomic E-state index is -0.0814. The van der Waals surface area contributed by atoms with Crippen LogP contribution < -0.4 is 0 Å². The molecule has 12 rings (SSSR count). The van der Waals surface area contributed by atoms with E-state index in [0.717, 1.165) is 0 Å². The van der Waals surface area contributed by atoms with Gasteiger partial charge in [0.25, 0.3) is 0 Å². The van der Waals surface area contributed by atoms with Gasteiger partial charge >= 0.3 is 0 Å². The van der Waals surface area contributed by atoms with Crippen molar-refractivity contribution in [2.45, 2.75) is 50.4 Å². The highest BCUT2D eigenvalue weighted by Gasteiger charge is 2.45. The second-order valence-electron chi connectivity index (χ2n) is 17.1. The summed E-state index contributed by atoms with van der Waals surface area (Å²) in [4.78, 5) is 0. The summed E-state index contributed by atoms with van der Waals surface area (Å²) in [6.45, 7) is 4.78. The van der Waals surface area contributed by atoms with E-state index >= 15 is 0 Å². The van der Waals surface area contributed by atoms with Crippen LogP contribution in [-0.2, 0) is 10.8 Å². The van der Waals surface area contributed by atoms with Crippen LogP contribution in [0.25, 0.3) is 88.0 Å². The predicted molar refractivity (Wildman–Crippen MR) is 238 cm³/mol. The van der Waals surface area contributed by atoms with Crippen LogP contribution in [0.2, 0.25) is 0 Å². The Kier molecular flexibility index (Phi) is 6.66. The highest BCUT2D eigenvalue weighted by atomic mass is 14.5. The van der Waals surface area contributed by atoms with Gasteiger partial charge in [-0.2, -0.15) is 0 Å². The lowest BCUT2D eigenvalue weighted by Gasteiger charge is -2.27. The van der Waals surface area contributed by atoms with Crippen LogP contribution in [0.4, 0.5) is 0 Å². The van der Waals surface area contributed by atoms with Gasteiger partial charge < -0.3 is 0 Å². The fourth-order valence-corrected chi connectivity index (χ4v) is 11.3. The molecule has 0 heteroatoms. The van der Waals surface area contributed by atoms with Crippen LogP contribution in [0.15, 0.2) is 170 Å². The van der Waals surface area contributed by atoms with Crippen molar-refractivity contribution in [2.24, 2.45) is 0 Å². The molecule has 0 radical (unpaired) electrons. The summed E-state index contributed by atoms with van der Waals surface area (Å²) in [7, 11) is 0. The van der Waals surface area contributed by atoms with Gasteiger partial charge in [-0.3, -0.25) is 0 Å². The van der Waals surface area contributed by atoms with Crippen LogP contribution in [0.1, 0.15) is 61.8 Å². The van der Waals surface area contributed by atoms with Gasteiger partial charge in [-0.25, -0.2) is 0 Å². The largest absolute Gasteiger partial charge is 0.0619 e. The van der Waals surface area contributed by atoms with E-state index in [2.05, 4.69) is 184 Å². The second kappa shape index (κ2) is 11.6. The first-order valence-electron chi connectivity index (χ1n) is 20.5. The summed E-state index contributed by atoms with van der Waals surface area (Å²) < 4.78 is 0. The Morgan fingerprint density at radius 2 is 0.839 bits per heavy atom. The highest BCUT2D eigenvalue weighted by Crippen LogP contribution is 2.58. The molecule has 0 atom stereocenters. The molecule has 0 unspecified atom stereocenters. The molecule has 0 aromatic heterocycles. The Bertz CT molecular complexity index is 3110. The third-order valence-corrected chi connectivity index (χ3v) is 14.0. The Morgan fingerprint density at radius 1 is 0.339 bits per heavy atom. The zero-order valence-electron chi connectivity index (χ0n) is 32.0. The smallest absolute Gasteiger partial charge is 0.0215 e. The maximum absolute atomic E-state index is 2.59. The van der Waals surface area contributed by atoms with E-state index in [0.29, 0.717) is 0 Å². The molecule has 0 nitrogen and oxygen atoms in total. The second-order valence-corrected chi connectivity index (χ2v) is 17.1. The summed E-state index contributed by atoms with van der Waals surface area (Å²) in [5.41, 5.74) is 19.2. The van der Waals surface area contributed by atoms with E-state index in [1.165, 1.54) is 136 Å². The van der Waals surface area contributed by atoms with Crippen LogP contribution in [0.5, 0.6) is 0 Å². The van der Waals surface area contributed by atoms with Crippen molar-refractivity contribution in [1.82, 2.24) is 0 Å². The molecule has 0 amide bonds. The van der Waals surface area contributed by atoms with Gasteiger partial charge in [0.1, 0.15) is 0 Å². The van der Waals surface area contributed by atoms with Gasteiger partial charge in [0.2, 0.25) is 0 Å². The summed E-state index contributed by atoms with van der Waals surface area (Å²) in [5.74, 6) is 0. The maximum Gasteiger partial charge on any atom is 0.0215 e. The standard InChI is InChI=1S/C56H42/c1-55(2)49-19-9-7-15-41(49)43-26-24-39(33-51(43)55)54-46-18-6-5-17-45(46)53(47-28-23-38(32-48(47)54)37-22-21-35-13-3-4-14-36(35)31-37)40-25-27-44-42-16-8-10-20-50(42)56(52(44)34-40)29-11-12-30-56/h3-10,13-28,31-34H,11-12,29-30H2,1-2H3. The molecular formula is C56H42. The normalized spacial score (nSPS) is 15.7. The van der Waals surface area contributed by atoms with Crippen LogP contribution >= 0.6 is 0 Å². The van der Waals surface area contributed by atoms with Crippen LogP contribution in [0.3, 0.4) is 0 Å². The highest BCUT2D eigenvalue weighted by molar-refractivity contribution is 6.22. The summed E-state index contributed by atoms with van der Waals surface area (Å²) in [5, 5.41) is 7.77. The summed E-state index contributed by atoms with van der Waals surface area (Å²) in [6, 6.07) is 65.0. The van der Waals surface area contributed by atoms with E-state index in [1.54, 1.807) is 0 Å². The van der Waals surface area contributed by atoms with Crippen molar-refractivity contribution in [3.05, 3.63) is 192 Å². The summed E-state index contributed by atoms with van der Waals surface area (Å²) in [6.07, 6.45) is 5.04. The topological polar surface area (TPSA) is 0 Å². The molecule has 1 fully saturated rings. The number of hydrogen-bond donors (Lipinski definition) is 0. The van der Waals surface area contributed by atoms with Gasteiger partial charge in [0.05, 0.1) is 0 Å². The molecule has 0 N–H and O–H groups in total. The number of hydrogen-bond acceptors (Lipinski definition) is 0. The first-order valence-corrected chi connectivity index (χ1v) is 20.5. The average molecular weight is 715 g/mol. The van der Waals surface area contributed by atoms with Crippen LogP contribution in [0, 0.1) is 0 Å². The minimum Gasteiger partial charge on any atom is -0.0619 e. The summed E-state index contributed by atoms with van der Waals surface area (Å²) >= 11 is 0. The first-order chi connectivity index (χ1) is 27.5. The number of benzene rings is 9. The molecule has 266 valence electrons. The van der Waals surface area contributed by atoms with Gasteiger partial charge in [-0.05, 0) is 147 Å². The third kappa shape index (κ3) is 4.36. The quantitative estimate of drug-likeness (QED) is 0.160. The molecule has 3 aliphatic rings. The molecule has 3 aliphatic carbocycles. The van der Waals surface area contributed by atoms with Gasteiger partial charge in [-0.1, -0.05) is 172 Å². The van der Waals surface area contributed by atoms with E-state index in [-0.39, 0.29) is 10.8 Å². The van der Waals surface area contributed by atoms with Gasteiger partial charge in [0.15, 0.2) is 0 Å². The van der Waals surface area contributed by atoms with E-state index in [1.807, 2.05) is 0 Å². The molecule has 0 heterocycles. The van der Waals surface area contributed by atoms with Crippen molar-refractivity contribution < 1.29 is 0 Å². The van der Waals surface area contributed by atoms with E-state index < -0.39 is 0 Å². The molecule has 1 saturated carbocycles. The number of rotatable bonds is 3. The van der Waals surface area contributed by atoms with Gasteiger partial charge in [-0.15, -0.1) is 0 Å². The molecule has 9 aromatic carbocycles. The Morgan fingerprint density at radius 3 is 1.59 bits per heavy atom. The molecule has 1 spiro atoms. The molecule has 0 bridgehead atoms. The lowest BCUT2D eigenvalue weighted by molar-refractivity contribution is 0.550. The third-order valence-electron chi connectivity index (χ3n) is 14.0. The Labute approximate surface area is 329 Å². The molecule has 0 saturated heterocycles. The lowest BCUT2D eigenvalue weighted by atomic mass is 9.76. The molecule has 0 aliphatic heterocycles.